The number of fused-ring (bicyclic) bond motifs is 1. The molecule has 0 aliphatic carbocycles. The molecule has 31 heavy (non-hydrogen) atoms. The van der Waals surface area contributed by atoms with Crippen LogP contribution < -0.4 is 10.5 Å². The van der Waals surface area contributed by atoms with Gasteiger partial charge in [0.05, 0.1) is 10.5 Å². The Morgan fingerprint density at radius 2 is 1.84 bits per heavy atom. The number of halogens is 1. The third kappa shape index (κ3) is 5.18. The number of nitrogens with one attached hydrogen (secondary N) is 2. The summed E-state index contributed by atoms with van der Waals surface area (Å²) < 4.78 is 6.05. The lowest BCUT2D eigenvalue weighted by Crippen LogP contribution is -2.38. The Hall–Kier alpha value is -3.03. The molecule has 4 N–H and O–H groups in total. The number of ether oxygens (including phenoxy) is 1. The van der Waals surface area contributed by atoms with Gasteiger partial charge in [-0.15, -0.1) is 0 Å². The van der Waals surface area contributed by atoms with Crippen LogP contribution in [0, 0.1) is 5.41 Å². The van der Waals surface area contributed by atoms with Gasteiger partial charge in [-0.1, -0.05) is 49.7 Å². The average molecular weight is 442 g/mol. The predicted molar refractivity (Wildman–Crippen MR) is 125 cm³/mol. The molecule has 1 heterocycles. The van der Waals surface area contributed by atoms with Crippen LogP contribution in [0.5, 0.6) is 5.75 Å². The molecule has 7 nitrogen and oxygen atoms in total. The highest BCUT2D eigenvalue weighted by atomic mass is 35.5. The predicted octanol–water partition coefficient (Wildman–Crippen LogP) is 4.21. The van der Waals surface area contributed by atoms with Gasteiger partial charge in [-0.05, 0) is 36.3 Å². The van der Waals surface area contributed by atoms with E-state index in [0.29, 0.717) is 34.0 Å². The van der Waals surface area contributed by atoms with E-state index < -0.39 is 5.91 Å². The Morgan fingerprint density at radius 3 is 2.48 bits per heavy atom. The SMILES string of the molecule is CCN(CC)Cc1ccccc1COc1cc(Cl)c2cc(C(=O)N(C)C(=N)N)[nH]c2c1. The quantitative estimate of drug-likeness (QED) is 0.360. The summed E-state index contributed by atoms with van der Waals surface area (Å²) in [4.78, 5) is 18.9. The molecule has 0 unspecified atom stereocenters. The number of guanidine groups is 1. The van der Waals surface area contributed by atoms with Crippen molar-refractivity contribution >= 4 is 34.4 Å². The van der Waals surface area contributed by atoms with Crippen LogP contribution in [0.1, 0.15) is 35.5 Å². The summed E-state index contributed by atoms with van der Waals surface area (Å²) in [5, 5.41) is 8.61. The van der Waals surface area contributed by atoms with E-state index in [4.69, 9.17) is 27.5 Å². The van der Waals surface area contributed by atoms with Crippen molar-refractivity contribution in [1.82, 2.24) is 14.8 Å². The molecule has 0 fully saturated rings. The monoisotopic (exact) mass is 441 g/mol. The highest BCUT2D eigenvalue weighted by molar-refractivity contribution is 6.35. The number of benzene rings is 2. The van der Waals surface area contributed by atoms with Crippen LogP contribution >= 0.6 is 11.6 Å². The smallest absolute Gasteiger partial charge is 0.276 e. The normalized spacial score (nSPS) is 11.1. The molecule has 1 aromatic heterocycles. The Balaban J connectivity index is 1.81. The van der Waals surface area contributed by atoms with Crippen LogP contribution in [0.15, 0.2) is 42.5 Å². The highest BCUT2D eigenvalue weighted by Gasteiger charge is 2.18. The number of hydrogen-bond acceptors (Lipinski definition) is 4. The Kier molecular flexibility index (Phi) is 7.20. The van der Waals surface area contributed by atoms with Gasteiger partial charge in [0.2, 0.25) is 0 Å². The number of hydrogen-bond donors (Lipinski definition) is 3. The van der Waals surface area contributed by atoms with Crippen LogP contribution in [0.2, 0.25) is 5.02 Å². The van der Waals surface area contributed by atoms with Gasteiger partial charge < -0.3 is 15.5 Å². The summed E-state index contributed by atoms with van der Waals surface area (Å²) in [6.45, 7) is 7.58. The van der Waals surface area contributed by atoms with Crippen molar-refractivity contribution in [3.05, 3.63) is 64.3 Å². The molecule has 0 aliphatic heterocycles. The largest absolute Gasteiger partial charge is 0.489 e. The Labute approximate surface area is 187 Å². The first-order chi connectivity index (χ1) is 14.8. The zero-order valence-electron chi connectivity index (χ0n) is 18.0. The number of aromatic nitrogens is 1. The standard InChI is InChI=1S/C23H28ClN5O2/c1-4-29(5-2)13-15-8-6-7-9-16(15)14-31-17-10-19(24)18-12-21(27-20(18)11-17)22(30)28(3)23(25)26/h6-12,27H,4-5,13-14H2,1-3H3,(H3,25,26). The molecular weight excluding hydrogens is 414 g/mol. The third-order valence-corrected chi connectivity index (χ3v) is 5.67. The molecule has 3 aromatic rings. The number of rotatable bonds is 8. The number of carbonyl (C=O) groups excluding carboxylic acids is 1. The summed E-state index contributed by atoms with van der Waals surface area (Å²) >= 11 is 6.44. The van der Waals surface area contributed by atoms with Crippen LogP contribution in [-0.4, -0.2) is 46.8 Å². The van der Waals surface area contributed by atoms with Gasteiger partial charge in [0, 0.05) is 25.0 Å². The van der Waals surface area contributed by atoms with Crippen LogP contribution in [0.4, 0.5) is 0 Å². The van der Waals surface area contributed by atoms with Gasteiger partial charge in [-0.25, -0.2) is 0 Å². The lowest BCUT2D eigenvalue weighted by Gasteiger charge is -2.20. The van der Waals surface area contributed by atoms with Gasteiger partial charge in [-0.2, -0.15) is 0 Å². The fraction of sp³-hybridized carbons (Fsp3) is 0.304. The molecule has 0 spiro atoms. The second kappa shape index (κ2) is 9.85. The number of amides is 1. The van der Waals surface area contributed by atoms with E-state index in [1.54, 1.807) is 12.1 Å². The summed E-state index contributed by atoms with van der Waals surface area (Å²) in [5.41, 5.74) is 8.74. The molecule has 0 saturated heterocycles. The Morgan fingerprint density at radius 1 is 1.16 bits per heavy atom. The first-order valence-corrected chi connectivity index (χ1v) is 10.6. The topological polar surface area (TPSA) is 98.4 Å². The maximum Gasteiger partial charge on any atom is 0.276 e. The van der Waals surface area contributed by atoms with Gasteiger partial charge in [-0.3, -0.25) is 20.0 Å². The van der Waals surface area contributed by atoms with E-state index in [1.165, 1.54) is 12.6 Å². The molecule has 0 bridgehead atoms. The maximum atomic E-state index is 12.4. The van der Waals surface area contributed by atoms with Crippen LogP contribution in [-0.2, 0) is 13.2 Å². The van der Waals surface area contributed by atoms with Crippen LogP contribution in [0.25, 0.3) is 10.9 Å². The van der Waals surface area contributed by atoms with E-state index in [9.17, 15) is 4.79 Å². The number of carbonyl (C=O) groups is 1. The van der Waals surface area contributed by atoms with Gasteiger partial charge >= 0.3 is 0 Å². The summed E-state index contributed by atoms with van der Waals surface area (Å²) in [5.74, 6) is -0.134. The first-order valence-electron chi connectivity index (χ1n) is 10.2. The molecule has 1 amide bonds. The fourth-order valence-corrected chi connectivity index (χ4v) is 3.62. The van der Waals surface area contributed by atoms with Crippen molar-refractivity contribution in [3.63, 3.8) is 0 Å². The zero-order chi connectivity index (χ0) is 22.5. The Bertz CT molecular complexity index is 1090. The highest BCUT2D eigenvalue weighted by Crippen LogP contribution is 2.30. The summed E-state index contributed by atoms with van der Waals surface area (Å²) in [6, 6.07) is 13.5. The lowest BCUT2D eigenvalue weighted by atomic mass is 10.1. The molecule has 164 valence electrons. The fourth-order valence-electron chi connectivity index (χ4n) is 3.36. The van der Waals surface area contributed by atoms with Gasteiger partial charge in [0.15, 0.2) is 5.96 Å². The minimum Gasteiger partial charge on any atom is -0.489 e. The van der Waals surface area contributed by atoms with Crippen molar-refractivity contribution < 1.29 is 9.53 Å². The number of nitrogens with two attached hydrogens (primary N) is 1. The van der Waals surface area contributed by atoms with E-state index >= 15 is 0 Å². The number of H-pyrrole nitrogens is 1. The molecule has 0 radical (unpaired) electrons. The summed E-state index contributed by atoms with van der Waals surface area (Å²) in [7, 11) is 1.45. The van der Waals surface area contributed by atoms with Crippen molar-refractivity contribution in [2.24, 2.45) is 5.73 Å². The van der Waals surface area contributed by atoms with Gasteiger partial charge in [0.25, 0.3) is 5.91 Å². The van der Waals surface area contributed by atoms with Crippen molar-refractivity contribution in [2.75, 3.05) is 20.1 Å². The van der Waals surface area contributed by atoms with Gasteiger partial charge in [0.1, 0.15) is 18.1 Å². The van der Waals surface area contributed by atoms with E-state index in [2.05, 4.69) is 35.9 Å². The van der Waals surface area contributed by atoms with Crippen molar-refractivity contribution in [1.29, 1.82) is 5.41 Å². The molecule has 0 aliphatic rings. The van der Waals surface area contributed by atoms with Crippen LogP contribution in [0.3, 0.4) is 0 Å². The van der Waals surface area contributed by atoms with Crippen molar-refractivity contribution in [2.45, 2.75) is 27.0 Å². The molecule has 3 rings (SSSR count). The molecule has 0 atom stereocenters. The molecule has 0 saturated carbocycles. The number of nitrogens with zero attached hydrogens (tertiary/aromatic N) is 2. The second-order valence-electron chi connectivity index (χ2n) is 7.32. The second-order valence-corrected chi connectivity index (χ2v) is 7.72. The van der Waals surface area contributed by atoms with Crippen molar-refractivity contribution in [3.8, 4) is 5.75 Å². The maximum absolute atomic E-state index is 12.4. The first kappa shape index (κ1) is 22.7. The van der Waals surface area contributed by atoms with E-state index in [0.717, 1.165) is 30.1 Å². The average Bonchev–Trinajstić information content (AvgIpc) is 3.20. The minimum absolute atomic E-state index is 0.302. The molecule has 2 aromatic carbocycles. The minimum atomic E-state index is -0.410. The van der Waals surface area contributed by atoms with E-state index in [-0.39, 0.29) is 5.96 Å². The number of aromatic amines is 1. The zero-order valence-corrected chi connectivity index (χ0v) is 18.8. The molecule has 8 heteroatoms. The third-order valence-electron chi connectivity index (χ3n) is 5.36. The molecular formula is C23H28ClN5O2. The lowest BCUT2D eigenvalue weighted by molar-refractivity contribution is 0.0864. The van der Waals surface area contributed by atoms with E-state index in [1.807, 2.05) is 18.2 Å². The summed E-state index contributed by atoms with van der Waals surface area (Å²) in [6.07, 6.45) is 0.